The van der Waals surface area contributed by atoms with Gasteiger partial charge in [0.2, 0.25) is 5.95 Å². The standard InChI is InChI=1S/C30H41ClN6O5/c1-18-16-35(29(39)42-30(3,4)5)17-19(2)36(18)10-9-11-37-26-20(15-33-28(32-6)34-26)12-23(27(37)38)22-13-21(40-7)14-24(41-8)25(22)31/h12-15,18-19H,9-11,16-17H2,1-8H3,(H,32,33,34)/t18-,19+. The molecular weight excluding hydrogens is 560 g/mol. The zero-order valence-electron chi connectivity index (χ0n) is 25.7. The highest BCUT2D eigenvalue weighted by atomic mass is 35.5. The first kappa shape index (κ1) is 31.4. The molecule has 1 aromatic carbocycles. The molecule has 0 aliphatic carbocycles. The van der Waals surface area contributed by atoms with Gasteiger partial charge in [0.25, 0.3) is 5.56 Å². The molecule has 2 aromatic heterocycles. The summed E-state index contributed by atoms with van der Waals surface area (Å²) in [6, 6.07) is 5.42. The molecule has 0 saturated carbocycles. The largest absolute Gasteiger partial charge is 0.497 e. The number of hydrogen-bond acceptors (Lipinski definition) is 9. The lowest BCUT2D eigenvalue weighted by molar-refractivity contribution is -0.00793. The number of halogens is 1. The van der Waals surface area contributed by atoms with Crippen molar-refractivity contribution in [2.75, 3.05) is 46.2 Å². The number of hydrogen-bond donors (Lipinski definition) is 1. The van der Waals surface area contributed by atoms with Crippen LogP contribution in [0.3, 0.4) is 0 Å². The second-order valence-electron chi connectivity index (χ2n) is 11.6. The van der Waals surface area contributed by atoms with Gasteiger partial charge in [-0.05, 0) is 53.2 Å². The lowest BCUT2D eigenvalue weighted by Gasteiger charge is -2.44. The van der Waals surface area contributed by atoms with Crippen molar-refractivity contribution in [3.63, 3.8) is 0 Å². The normalized spacial score (nSPS) is 17.8. The highest BCUT2D eigenvalue weighted by Crippen LogP contribution is 2.38. The Balaban J connectivity index is 1.63. The average Bonchev–Trinajstić information content (AvgIpc) is 2.94. The highest BCUT2D eigenvalue weighted by molar-refractivity contribution is 6.35. The number of ether oxygens (including phenoxy) is 3. The molecule has 42 heavy (non-hydrogen) atoms. The maximum absolute atomic E-state index is 14.0. The molecule has 1 aliphatic heterocycles. The Labute approximate surface area is 251 Å². The summed E-state index contributed by atoms with van der Waals surface area (Å²) in [5, 5.41) is 3.98. The maximum atomic E-state index is 14.0. The van der Waals surface area contributed by atoms with Crippen LogP contribution in [0, 0.1) is 0 Å². The van der Waals surface area contributed by atoms with E-state index < -0.39 is 5.60 Å². The number of methoxy groups -OCH3 is 2. The Hall–Kier alpha value is -3.57. The Bertz CT molecular complexity index is 1490. The van der Waals surface area contributed by atoms with Crippen LogP contribution in [0.1, 0.15) is 41.0 Å². The van der Waals surface area contributed by atoms with Gasteiger partial charge in [-0.15, -0.1) is 0 Å². The molecule has 1 fully saturated rings. The van der Waals surface area contributed by atoms with Gasteiger partial charge in [-0.25, -0.2) is 9.78 Å². The third-order valence-corrected chi connectivity index (χ3v) is 7.75. The Morgan fingerprint density at radius 1 is 1.07 bits per heavy atom. The van der Waals surface area contributed by atoms with Crippen molar-refractivity contribution >= 4 is 34.7 Å². The molecule has 0 radical (unpaired) electrons. The van der Waals surface area contributed by atoms with E-state index in [4.69, 9.17) is 25.8 Å². The molecule has 3 heterocycles. The number of aryl methyl sites for hydroxylation is 1. The summed E-state index contributed by atoms with van der Waals surface area (Å²) in [4.78, 5) is 39.9. The van der Waals surface area contributed by atoms with Crippen LogP contribution in [-0.2, 0) is 11.3 Å². The van der Waals surface area contributed by atoms with Crippen molar-refractivity contribution < 1.29 is 19.0 Å². The molecule has 1 saturated heterocycles. The van der Waals surface area contributed by atoms with Crippen molar-refractivity contribution in [2.24, 2.45) is 0 Å². The number of piperazine rings is 1. The molecule has 3 aromatic rings. The van der Waals surface area contributed by atoms with Gasteiger partial charge in [-0.3, -0.25) is 14.3 Å². The fourth-order valence-corrected chi connectivity index (χ4v) is 5.69. The quantitative estimate of drug-likeness (QED) is 0.386. The molecule has 0 spiro atoms. The molecule has 0 unspecified atom stereocenters. The van der Waals surface area contributed by atoms with Crippen LogP contribution < -0.4 is 20.3 Å². The fraction of sp³-hybridized carbons (Fsp3) is 0.533. The Morgan fingerprint density at radius 3 is 2.36 bits per heavy atom. The molecule has 1 amide bonds. The van der Waals surface area contributed by atoms with Gasteiger partial charge in [0.15, 0.2) is 0 Å². The van der Waals surface area contributed by atoms with Crippen LogP contribution in [0.4, 0.5) is 10.7 Å². The van der Waals surface area contributed by atoms with Crippen LogP contribution in [0.2, 0.25) is 5.02 Å². The summed E-state index contributed by atoms with van der Waals surface area (Å²) >= 11 is 6.69. The molecule has 1 aliphatic rings. The third kappa shape index (κ3) is 6.73. The first-order chi connectivity index (χ1) is 19.9. The van der Waals surface area contributed by atoms with Gasteiger partial charge in [0.1, 0.15) is 22.7 Å². The maximum Gasteiger partial charge on any atom is 0.410 e. The van der Waals surface area contributed by atoms with Crippen molar-refractivity contribution in [2.45, 2.75) is 65.3 Å². The molecule has 12 heteroatoms. The van der Waals surface area contributed by atoms with Crippen molar-refractivity contribution in [3.05, 3.63) is 39.8 Å². The zero-order chi connectivity index (χ0) is 30.8. The molecule has 2 atom stereocenters. The van der Waals surface area contributed by atoms with Gasteiger partial charge in [-0.2, -0.15) is 4.98 Å². The van der Waals surface area contributed by atoms with E-state index in [0.717, 1.165) is 6.54 Å². The van der Waals surface area contributed by atoms with Gasteiger partial charge in [0, 0.05) is 74.1 Å². The predicted molar refractivity (Wildman–Crippen MR) is 165 cm³/mol. The summed E-state index contributed by atoms with van der Waals surface area (Å²) in [5.41, 5.74) is 0.675. The first-order valence-electron chi connectivity index (χ1n) is 14.1. The van der Waals surface area contributed by atoms with E-state index in [1.165, 1.54) is 7.11 Å². The van der Waals surface area contributed by atoms with Crippen molar-refractivity contribution in [1.29, 1.82) is 0 Å². The van der Waals surface area contributed by atoms with Crippen LogP contribution >= 0.6 is 11.6 Å². The van der Waals surface area contributed by atoms with Crippen LogP contribution in [0.5, 0.6) is 11.5 Å². The Kier molecular flexibility index (Phi) is 9.52. The van der Waals surface area contributed by atoms with E-state index in [-0.39, 0.29) is 23.7 Å². The van der Waals surface area contributed by atoms with Gasteiger partial charge in [0.05, 0.1) is 19.2 Å². The van der Waals surface area contributed by atoms with Gasteiger partial charge >= 0.3 is 6.09 Å². The minimum absolute atomic E-state index is 0.127. The molecule has 1 N–H and O–H groups in total. The van der Waals surface area contributed by atoms with Gasteiger partial charge in [-0.1, -0.05) is 11.6 Å². The first-order valence-corrected chi connectivity index (χ1v) is 14.5. The van der Waals surface area contributed by atoms with Crippen molar-refractivity contribution in [1.82, 2.24) is 24.3 Å². The fourth-order valence-electron chi connectivity index (χ4n) is 5.40. The van der Waals surface area contributed by atoms with Gasteiger partial charge < -0.3 is 24.4 Å². The Morgan fingerprint density at radius 2 is 1.76 bits per heavy atom. The summed E-state index contributed by atoms with van der Waals surface area (Å²) < 4.78 is 18.2. The smallest absolute Gasteiger partial charge is 0.410 e. The highest BCUT2D eigenvalue weighted by Gasteiger charge is 2.33. The van der Waals surface area contributed by atoms with Crippen LogP contribution in [0.25, 0.3) is 22.2 Å². The predicted octanol–water partition coefficient (Wildman–Crippen LogP) is 4.89. The zero-order valence-corrected chi connectivity index (χ0v) is 26.4. The number of benzene rings is 1. The van der Waals surface area contributed by atoms with E-state index in [9.17, 15) is 9.59 Å². The molecule has 11 nitrogen and oxygen atoms in total. The van der Waals surface area contributed by atoms with E-state index in [2.05, 4.69) is 34.0 Å². The number of fused-ring (bicyclic) bond motifs is 1. The minimum Gasteiger partial charge on any atom is -0.497 e. The monoisotopic (exact) mass is 600 g/mol. The number of aromatic nitrogens is 3. The van der Waals surface area contributed by atoms with Crippen molar-refractivity contribution in [3.8, 4) is 22.6 Å². The summed E-state index contributed by atoms with van der Waals surface area (Å²) in [6.07, 6.45) is 2.09. The number of amides is 1. The van der Waals surface area contributed by atoms with E-state index in [1.807, 2.05) is 20.8 Å². The number of carbonyl (C=O) groups excluding carboxylic acids is 1. The molecule has 228 valence electrons. The third-order valence-electron chi connectivity index (χ3n) is 7.36. The summed E-state index contributed by atoms with van der Waals surface area (Å²) in [6.45, 7) is 12.2. The van der Waals surface area contributed by atoms with Crippen LogP contribution in [-0.4, -0.2) is 89.0 Å². The van der Waals surface area contributed by atoms with E-state index in [0.29, 0.717) is 70.7 Å². The number of carbonyl (C=O) groups is 1. The summed E-state index contributed by atoms with van der Waals surface area (Å²) in [7, 11) is 4.80. The SMILES string of the molecule is CNc1ncc2cc(-c3cc(OC)cc(OC)c3Cl)c(=O)n(CCCN3[C@H](C)CN(C(=O)OC(C)(C)C)C[C@@H]3C)c2n1. The minimum atomic E-state index is -0.539. The topological polar surface area (TPSA) is 111 Å². The van der Waals surface area contributed by atoms with Crippen LogP contribution in [0.15, 0.2) is 29.2 Å². The molecule has 0 bridgehead atoms. The lowest BCUT2D eigenvalue weighted by atomic mass is 10.0. The van der Waals surface area contributed by atoms with E-state index >= 15 is 0 Å². The number of nitrogens with zero attached hydrogens (tertiary/aromatic N) is 5. The second-order valence-corrected chi connectivity index (χ2v) is 12.0. The molecular formula is C30H41ClN6O5. The lowest BCUT2D eigenvalue weighted by Crippen LogP contribution is -2.58. The van der Waals surface area contributed by atoms with E-state index in [1.54, 1.807) is 48.0 Å². The second kappa shape index (κ2) is 12.7. The number of rotatable bonds is 8. The average molecular weight is 601 g/mol. The number of pyridine rings is 1. The summed E-state index contributed by atoms with van der Waals surface area (Å²) in [5.74, 6) is 1.35. The number of nitrogens with one attached hydrogen (secondary N) is 1. The number of anilines is 1. The molecule has 4 rings (SSSR count).